The molecule has 184 valence electrons. The van der Waals surface area contributed by atoms with E-state index < -0.39 is 11.7 Å². The number of halogens is 3. The maximum atomic E-state index is 13.9. The smallest absolute Gasteiger partial charge is 0.397 e. The first-order valence-corrected chi connectivity index (χ1v) is 11.1. The van der Waals surface area contributed by atoms with Crippen LogP contribution in [0.3, 0.4) is 0 Å². The number of aromatic nitrogens is 3. The maximum Gasteiger partial charge on any atom is 0.419 e. The Hall–Kier alpha value is -3.79. The van der Waals surface area contributed by atoms with Crippen molar-refractivity contribution in [1.82, 2.24) is 19.4 Å². The molecule has 0 spiro atoms. The molecule has 0 bridgehead atoms. The third-order valence-corrected chi connectivity index (χ3v) is 5.82. The highest BCUT2D eigenvalue weighted by Gasteiger charge is 2.36. The third-order valence-electron chi connectivity index (χ3n) is 5.82. The Balaban J connectivity index is 1.69. The standard InChI is InChI=1S/C25H28F3N7/c1-33(2)11-12-34(3)22-10-9-16(13-20(22)29)31-24-30-14-19(25(26,27)28)23(32-24)18-15-35(4)21-8-6-5-7-17(18)21/h5-10,13-15H,11-12,29H2,1-4H3,(H,30,31,32). The number of alkyl halides is 3. The maximum absolute atomic E-state index is 13.9. The van der Waals surface area contributed by atoms with Crippen molar-refractivity contribution in [2.45, 2.75) is 6.18 Å². The second-order valence-electron chi connectivity index (χ2n) is 8.75. The third kappa shape index (κ3) is 5.17. The van der Waals surface area contributed by atoms with Gasteiger partial charge in [-0.1, -0.05) is 18.2 Å². The fourth-order valence-corrected chi connectivity index (χ4v) is 3.96. The molecule has 0 saturated heterocycles. The number of hydrogen-bond donors (Lipinski definition) is 2. The van der Waals surface area contributed by atoms with Gasteiger partial charge in [-0.25, -0.2) is 9.97 Å². The van der Waals surface area contributed by atoms with Crippen molar-refractivity contribution in [3.63, 3.8) is 0 Å². The molecule has 0 atom stereocenters. The van der Waals surface area contributed by atoms with Crippen LogP contribution in [0.25, 0.3) is 22.2 Å². The van der Waals surface area contributed by atoms with E-state index in [4.69, 9.17) is 5.73 Å². The van der Waals surface area contributed by atoms with Crippen LogP contribution >= 0.6 is 0 Å². The van der Waals surface area contributed by atoms with Crippen LogP contribution in [-0.2, 0) is 13.2 Å². The minimum atomic E-state index is -4.60. The van der Waals surface area contributed by atoms with E-state index in [0.29, 0.717) is 22.3 Å². The van der Waals surface area contributed by atoms with E-state index in [0.717, 1.165) is 30.5 Å². The molecule has 4 aromatic rings. The number of likely N-dealkylation sites (N-methyl/N-ethyl adjacent to an activating group) is 2. The van der Waals surface area contributed by atoms with Crippen molar-refractivity contribution in [2.75, 3.05) is 50.2 Å². The molecule has 0 radical (unpaired) electrons. The van der Waals surface area contributed by atoms with Crippen molar-refractivity contribution >= 4 is 33.9 Å². The van der Waals surface area contributed by atoms with Gasteiger partial charge in [-0.15, -0.1) is 0 Å². The lowest BCUT2D eigenvalue weighted by atomic mass is 10.1. The van der Waals surface area contributed by atoms with Gasteiger partial charge in [0.2, 0.25) is 5.95 Å². The summed E-state index contributed by atoms with van der Waals surface area (Å²) in [5.74, 6) is 0.0500. The summed E-state index contributed by atoms with van der Waals surface area (Å²) in [7, 11) is 7.75. The Kier molecular flexibility index (Phi) is 6.58. The summed E-state index contributed by atoms with van der Waals surface area (Å²) >= 11 is 0. The zero-order valence-corrected chi connectivity index (χ0v) is 20.1. The molecule has 0 aliphatic rings. The highest BCUT2D eigenvalue weighted by atomic mass is 19.4. The number of para-hydroxylation sites is 1. The quantitative estimate of drug-likeness (QED) is 0.361. The molecule has 10 heteroatoms. The largest absolute Gasteiger partial charge is 0.419 e. The van der Waals surface area contributed by atoms with Crippen molar-refractivity contribution in [2.24, 2.45) is 7.05 Å². The number of benzene rings is 2. The number of aryl methyl sites for hydroxylation is 1. The van der Waals surface area contributed by atoms with Crippen LogP contribution in [0.15, 0.2) is 54.9 Å². The topological polar surface area (TPSA) is 75.2 Å². The molecular formula is C25H28F3N7. The van der Waals surface area contributed by atoms with Gasteiger partial charge in [0, 0.05) is 61.7 Å². The number of nitrogens with two attached hydrogens (primary N) is 1. The second-order valence-corrected chi connectivity index (χ2v) is 8.75. The molecule has 2 aromatic carbocycles. The predicted molar refractivity (Wildman–Crippen MR) is 135 cm³/mol. The summed E-state index contributed by atoms with van der Waals surface area (Å²) in [5, 5.41) is 3.68. The number of rotatable bonds is 7. The first kappa shape index (κ1) is 24.3. The van der Waals surface area contributed by atoms with E-state index in [2.05, 4.69) is 20.2 Å². The second kappa shape index (κ2) is 9.46. The van der Waals surface area contributed by atoms with Crippen LogP contribution in [0.5, 0.6) is 0 Å². The number of fused-ring (bicyclic) bond motifs is 1. The molecule has 0 aliphatic heterocycles. The van der Waals surface area contributed by atoms with Gasteiger partial charge in [-0.05, 0) is 38.4 Å². The Morgan fingerprint density at radius 3 is 2.49 bits per heavy atom. The number of anilines is 4. The minimum absolute atomic E-state index is 0.0500. The summed E-state index contributed by atoms with van der Waals surface area (Å²) in [6.07, 6.45) is -2.13. The van der Waals surface area contributed by atoms with E-state index >= 15 is 0 Å². The van der Waals surface area contributed by atoms with Crippen LogP contribution in [-0.4, -0.2) is 53.7 Å². The van der Waals surface area contributed by atoms with E-state index in [-0.39, 0.29) is 11.6 Å². The van der Waals surface area contributed by atoms with Crippen molar-refractivity contribution in [3.8, 4) is 11.3 Å². The van der Waals surface area contributed by atoms with Gasteiger partial charge in [-0.3, -0.25) is 0 Å². The predicted octanol–water partition coefficient (Wildman–Crippen LogP) is 4.98. The summed E-state index contributed by atoms with van der Waals surface area (Å²) in [6.45, 7) is 1.66. The number of nitrogens with one attached hydrogen (secondary N) is 1. The Morgan fingerprint density at radius 2 is 1.80 bits per heavy atom. The summed E-state index contributed by atoms with van der Waals surface area (Å²) < 4.78 is 43.3. The van der Waals surface area contributed by atoms with Gasteiger partial charge >= 0.3 is 6.18 Å². The number of nitrogen functional groups attached to an aromatic ring is 1. The zero-order valence-electron chi connectivity index (χ0n) is 20.1. The molecule has 0 unspecified atom stereocenters. The normalized spacial score (nSPS) is 11.9. The minimum Gasteiger partial charge on any atom is -0.397 e. The van der Waals surface area contributed by atoms with Crippen LogP contribution in [0.1, 0.15) is 5.56 Å². The average Bonchev–Trinajstić information content (AvgIpc) is 3.13. The molecule has 0 amide bonds. The Bertz CT molecular complexity index is 1340. The van der Waals surface area contributed by atoms with Gasteiger partial charge in [0.1, 0.15) is 5.56 Å². The monoisotopic (exact) mass is 483 g/mol. The molecule has 2 heterocycles. The van der Waals surface area contributed by atoms with Crippen molar-refractivity contribution < 1.29 is 13.2 Å². The average molecular weight is 484 g/mol. The molecular weight excluding hydrogens is 455 g/mol. The van der Waals surface area contributed by atoms with Crippen LogP contribution < -0.4 is 16.0 Å². The Morgan fingerprint density at radius 1 is 1.06 bits per heavy atom. The lowest BCUT2D eigenvalue weighted by Crippen LogP contribution is -2.28. The van der Waals surface area contributed by atoms with Gasteiger partial charge in [0.25, 0.3) is 0 Å². The zero-order chi connectivity index (χ0) is 25.3. The molecule has 35 heavy (non-hydrogen) atoms. The van der Waals surface area contributed by atoms with Crippen molar-refractivity contribution in [1.29, 1.82) is 0 Å². The molecule has 0 saturated carbocycles. The fraction of sp³-hybridized carbons (Fsp3) is 0.280. The molecule has 4 rings (SSSR count). The van der Waals surface area contributed by atoms with Gasteiger partial charge < -0.3 is 25.4 Å². The van der Waals surface area contributed by atoms with E-state index in [1.54, 1.807) is 42.1 Å². The molecule has 2 aromatic heterocycles. The Labute approximate surface area is 202 Å². The van der Waals surface area contributed by atoms with Crippen LogP contribution in [0.4, 0.5) is 36.2 Å². The summed E-state index contributed by atoms with van der Waals surface area (Å²) in [5.41, 5.74) is 8.37. The number of hydrogen-bond acceptors (Lipinski definition) is 6. The van der Waals surface area contributed by atoms with E-state index in [9.17, 15) is 13.2 Å². The van der Waals surface area contributed by atoms with Gasteiger partial charge in [0.15, 0.2) is 0 Å². The molecule has 0 fully saturated rings. The highest BCUT2D eigenvalue weighted by molar-refractivity contribution is 5.96. The lowest BCUT2D eigenvalue weighted by Gasteiger charge is -2.23. The molecule has 0 aliphatic carbocycles. The van der Waals surface area contributed by atoms with E-state index in [1.165, 1.54) is 0 Å². The van der Waals surface area contributed by atoms with Gasteiger partial charge in [-0.2, -0.15) is 13.2 Å². The highest BCUT2D eigenvalue weighted by Crippen LogP contribution is 2.39. The number of nitrogens with zero attached hydrogens (tertiary/aromatic N) is 5. The van der Waals surface area contributed by atoms with Crippen molar-refractivity contribution in [3.05, 3.63) is 60.4 Å². The molecule has 3 N–H and O–H groups in total. The fourth-order valence-electron chi connectivity index (χ4n) is 3.96. The van der Waals surface area contributed by atoms with Crippen LogP contribution in [0, 0.1) is 0 Å². The molecule has 7 nitrogen and oxygen atoms in total. The van der Waals surface area contributed by atoms with Gasteiger partial charge in [0.05, 0.1) is 17.1 Å². The van der Waals surface area contributed by atoms with E-state index in [1.807, 2.05) is 44.2 Å². The summed E-state index contributed by atoms with van der Waals surface area (Å²) in [4.78, 5) is 12.4. The lowest BCUT2D eigenvalue weighted by molar-refractivity contribution is -0.137. The van der Waals surface area contributed by atoms with Crippen LogP contribution in [0.2, 0.25) is 0 Å². The summed E-state index contributed by atoms with van der Waals surface area (Å²) in [6, 6.07) is 12.7. The first-order chi connectivity index (χ1) is 16.5. The first-order valence-electron chi connectivity index (χ1n) is 11.1. The SMILES string of the molecule is CN(C)CCN(C)c1ccc(Nc2ncc(C(F)(F)F)c(-c3cn(C)c4ccccc34)n2)cc1N.